The van der Waals surface area contributed by atoms with Crippen LogP contribution in [0.15, 0.2) is 35.0 Å². The summed E-state index contributed by atoms with van der Waals surface area (Å²) >= 11 is 1.53. The number of carbonyl (C=O) groups is 1. The Hall–Kier alpha value is -1.69. The first-order valence-corrected chi connectivity index (χ1v) is 7.49. The van der Waals surface area contributed by atoms with Crippen LogP contribution >= 0.6 is 11.3 Å². The van der Waals surface area contributed by atoms with E-state index in [1.165, 1.54) is 22.5 Å². The Morgan fingerprint density at radius 3 is 3.00 bits per heavy atom. The van der Waals surface area contributed by atoms with E-state index in [4.69, 9.17) is 0 Å². The molecule has 2 aromatic rings. The maximum atomic E-state index is 12.1. The molecule has 1 atom stereocenters. The second-order valence-corrected chi connectivity index (χ2v) is 5.65. The van der Waals surface area contributed by atoms with E-state index < -0.39 is 6.10 Å². The van der Waals surface area contributed by atoms with Gasteiger partial charge in [0, 0.05) is 25.2 Å². The first-order valence-electron chi connectivity index (χ1n) is 6.55. The van der Waals surface area contributed by atoms with E-state index in [9.17, 15) is 9.90 Å². The zero-order chi connectivity index (χ0) is 13.9. The number of aliphatic hydroxyl groups excluding tert-OH is 1. The van der Waals surface area contributed by atoms with Gasteiger partial charge in [-0.05, 0) is 45.6 Å². The van der Waals surface area contributed by atoms with E-state index in [0.29, 0.717) is 5.56 Å². The number of thiophene rings is 1. The first-order chi connectivity index (χ1) is 9.74. The molecule has 0 bridgehead atoms. The molecular weight excluding hydrogens is 272 g/mol. The third-order valence-electron chi connectivity index (χ3n) is 3.48. The highest BCUT2D eigenvalue weighted by Crippen LogP contribution is 2.18. The molecule has 2 heterocycles. The van der Waals surface area contributed by atoms with Crippen molar-refractivity contribution in [1.82, 2.24) is 10.6 Å². The van der Waals surface area contributed by atoms with Crippen LogP contribution in [0.25, 0.3) is 0 Å². The molecule has 3 N–H and O–H groups in total. The minimum atomic E-state index is -0.652. The molecule has 1 amide bonds. The number of fused-ring (bicyclic) bond motifs is 1. The van der Waals surface area contributed by atoms with Crippen LogP contribution in [-0.4, -0.2) is 17.6 Å². The van der Waals surface area contributed by atoms with Crippen molar-refractivity contribution in [2.45, 2.75) is 19.2 Å². The highest BCUT2D eigenvalue weighted by molar-refractivity contribution is 7.07. The molecule has 0 saturated heterocycles. The van der Waals surface area contributed by atoms with Crippen LogP contribution in [-0.2, 0) is 13.1 Å². The molecule has 1 aromatic heterocycles. The summed E-state index contributed by atoms with van der Waals surface area (Å²) in [6, 6.07) is 7.60. The quantitative estimate of drug-likeness (QED) is 0.804. The Balaban J connectivity index is 1.62. The average molecular weight is 288 g/mol. The molecule has 104 valence electrons. The molecule has 0 saturated carbocycles. The molecule has 0 fully saturated rings. The summed E-state index contributed by atoms with van der Waals surface area (Å²) in [6.07, 6.45) is -0.652. The zero-order valence-electron chi connectivity index (χ0n) is 10.9. The molecule has 1 aromatic carbocycles. The van der Waals surface area contributed by atoms with Crippen LogP contribution in [0.5, 0.6) is 0 Å². The lowest BCUT2D eigenvalue weighted by Crippen LogP contribution is -2.28. The van der Waals surface area contributed by atoms with Gasteiger partial charge in [0.05, 0.1) is 6.10 Å². The van der Waals surface area contributed by atoms with E-state index in [-0.39, 0.29) is 12.5 Å². The Morgan fingerprint density at radius 1 is 1.35 bits per heavy atom. The molecule has 1 unspecified atom stereocenters. The minimum absolute atomic E-state index is 0.144. The number of benzene rings is 1. The van der Waals surface area contributed by atoms with Gasteiger partial charge in [0.2, 0.25) is 0 Å². The van der Waals surface area contributed by atoms with Crippen molar-refractivity contribution in [3.63, 3.8) is 0 Å². The van der Waals surface area contributed by atoms with Crippen molar-refractivity contribution >= 4 is 17.2 Å². The predicted molar refractivity (Wildman–Crippen MR) is 78.6 cm³/mol. The minimum Gasteiger partial charge on any atom is -0.387 e. The van der Waals surface area contributed by atoms with Gasteiger partial charge in [-0.1, -0.05) is 6.07 Å². The molecule has 0 spiro atoms. The zero-order valence-corrected chi connectivity index (χ0v) is 11.7. The van der Waals surface area contributed by atoms with Crippen molar-refractivity contribution in [2.24, 2.45) is 0 Å². The van der Waals surface area contributed by atoms with E-state index in [0.717, 1.165) is 18.7 Å². The fourth-order valence-corrected chi connectivity index (χ4v) is 3.02. The number of carbonyl (C=O) groups excluding carboxylic acids is 1. The van der Waals surface area contributed by atoms with Crippen LogP contribution in [0.2, 0.25) is 0 Å². The van der Waals surface area contributed by atoms with Crippen molar-refractivity contribution in [3.05, 3.63) is 57.3 Å². The second-order valence-electron chi connectivity index (χ2n) is 4.87. The lowest BCUT2D eigenvalue weighted by atomic mass is 10.1. The Kier molecular flexibility index (Phi) is 3.82. The number of aliphatic hydroxyl groups is 1. The molecule has 0 radical (unpaired) electrons. The van der Waals surface area contributed by atoms with Crippen molar-refractivity contribution < 1.29 is 9.90 Å². The average Bonchev–Trinajstić information content (AvgIpc) is 3.13. The van der Waals surface area contributed by atoms with Gasteiger partial charge in [0.15, 0.2) is 0 Å². The fourth-order valence-electron chi connectivity index (χ4n) is 2.31. The van der Waals surface area contributed by atoms with Crippen LogP contribution in [0.1, 0.15) is 33.2 Å². The lowest BCUT2D eigenvalue weighted by Gasteiger charge is -2.11. The summed E-state index contributed by atoms with van der Waals surface area (Å²) in [5, 5.41) is 19.8. The third-order valence-corrected chi connectivity index (χ3v) is 4.18. The SMILES string of the molecule is O=C(NCC(O)c1ccsc1)c1ccc2c(c1)CNC2. The summed E-state index contributed by atoms with van der Waals surface area (Å²) in [5.41, 5.74) is 3.91. The van der Waals surface area contributed by atoms with Gasteiger partial charge in [0.1, 0.15) is 0 Å². The van der Waals surface area contributed by atoms with Crippen molar-refractivity contribution in [1.29, 1.82) is 0 Å². The van der Waals surface area contributed by atoms with Crippen molar-refractivity contribution in [3.8, 4) is 0 Å². The number of hydrogen-bond donors (Lipinski definition) is 3. The summed E-state index contributed by atoms with van der Waals surface area (Å²) in [7, 11) is 0. The molecule has 20 heavy (non-hydrogen) atoms. The number of amides is 1. The maximum Gasteiger partial charge on any atom is 0.251 e. The van der Waals surface area contributed by atoms with E-state index >= 15 is 0 Å². The van der Waals surface area contributed by atoms with Crippen LogP contribution in [0.3, 0.4) is 0 Å². The summed E-state index contributed by atoms with van der Waals surface area (Å²) in [6.45, 7) is 1.91. The largest absolute Gasteiger partial charge is 0.387 e. The molecular formula is C15H16N2O2S. The smallest absolute Gasteiger partial charge is 0.251 e. The molecule has 3 rings (SSSR count). The predicted octanol–water partition coefficient (Wildman–Crippen LogP) is 1.81. The van der Waals surface area contributed by atoms with Gasteiger partial charge in [-0.2, -0.15) is 11.3 Å². The van der Waals surface area contributed by atoms with Gasteiger partial charge >= 0.3 is 0 Å². The topological polar surface area (TPSA) is 61.4 Å². The van der Waals surface area contributed by atoms with E-state index in [2.05, 4.69) is 10.6 Å². The molecule has 0 aliphatic carbocycles. The van der Waals surface area contributed by atoms with Gasteiger partial charge in [0.25, 0.3) is 5.91 Å². The standard InChI is InChI=1S/C15H16N2O2S/c18-14(12-3-4-20-9-12)8-17-15(19)10-1-2-11-6-16-7-13(11)5-10/h1-5,9,14,16,18H,6-8H2,(H,17,19). The fraction of sp³-hybridized carbons (Fsp3) is 0.267. The van der Waals surface area contributed by atoms with E-state index in [1.807, 2.05) is 35.0 Å². The summed E-state index contributed by atoms with van der Waals surface area (Å²) in [4.78, 5) is 12.1. The molecule has 4 nitrogen and oxygen atoms in total. The van der Waals surface area contributed by atoms with Gasteiger partial charge < -0.3 is 15.7 Å². The third kappa shape index (κ3) is 2.75. The molecule has 5 heteroatoms. The van der Waals surface area contributed by atoms with Gasteiger partial charge in [-0.3, -0.25) is 4.79 Å². The monoisotopic (exact) mass is 288 g/mol. The van der Waals surface area contributed by atoms with Gasteiger partial charge in [-0.15, -0.1) is 0 Å². The van der Waals surface area contributed by atoms with Crippen LogP contribution < -0.4 is 10.6 Å². The van der Waals surface area contributed by atoms with Crippen LogP contribution in [0, 0.1) is 0 Å². The summed E-state index contributed by atoms with van der Waals surface area (Å²) in [5.74, 6) is -0.144. The first kappa shape index (κ1) is 13.3. The summed E-state index contributed by atoms with van der Waals surface area (Å²) < 4.78 is 0. The van der Waals surface area contributed by atoms with Crippen LogP contribution in [0.4, 0.5) is 0 Å². The maximum absolute atomic E-state index is 12.1. The highest BCUT2D eigenvalue weighted by atomic mass is 32.1. The lowest BCUT2D eigenvalue weighted by molar-refractivity contribution is 0.0916. The van der Waals surface area contributed by atoms with E-state index in [1.54, 1.807) is 0 Å². The Morgan fingerprint density at radius 2 is 2.20 bits per heavy atom. The molecule has 1 aliphatic heterocycles. The van der Waals surface area contributed by atoms with Gasteiger partial charge in [-0.25, -0.2) is 0 Å². The van der Waals surface area contributed by atoms with Crippen molar-refractivity contribution in [2.75, 3.05) is 6.54 Å². The Labute approximate surface area is 121 Å². The number of nitrogens with one attached hydrogen (secondary N) is 2. The highest BCUT2D eigenvalue weighted by Gasteiger charge is 2.14. The second kappa shape index (κ2) is 5.75. The molecule has 1 aliphatic rings. The normalized spacial score (nSPS) is 14.8. The Bertz CT molecular complexity index is 610. The number of hydrogen-bond acceptors (Lipinski definition) is 4. The number of rotatable bonds is 4.